The van der Waals surface area contributed by atoms with E-state index in [9.17, 15) is 9.90 Å². The highest BCUT2D eigenvalue weighted by atomic mass is 16.5. The zero-order valence-corrected chi connectivity index (χ0v) is 10.3. The normalized spacial score (nSPS) is 13.8. The standard InChI is InChI=1S/C14H18O3/c1-4-10-14(3,13(15)16)17-12-8-6-11(5-2)7-9-12/h5-9H,2,4,10H2,1,3H3,(H,15,16). The van der Waals surface area contributed by atoms with Gasteiger partial charge in [-0.25, -0.2) is 4.79 Å². The predicted molar refractivity (Wildman–Crippen MR) is 68.1 cm³/mol. The summed E-state index contributed by atoms with van der Waals surface area (Å²) >= 11 is 0. The molecule has 0 aromatic heterocycles. The number of aliphatic carboxylic acids is 1. The van der Waals surface area contributed by atoms with Gasteiger partial charge in [0, 0.05) is 0 Å². The average Bonchev–Trinajstić information content (AvgIpc) is 2.30. The first-order valence-corrected chi connectivity index (χ1v) is 5.66. The Balaban J connectivity index is 2.85. The minimum absolute atomic E-state index is 0.478. The summed E-state index contributed by atoms with van der Waals surface area (Å²) in [4.78, 5) is 11.2. The quantitative estimate of drug-likeness (QED) is 0.821. The van der Waals surface area contributed by atoms with Gasteiger partial charge in [0.25, 0.3) is 0 Å². The first kappa shape index (κ1) is 13.3. The Bertz CT molecular complexity index is 394. The van der Waals surface area contributed by atoms with Crippen LogP contribution >= 0.6 is 0 Å². The molecule has 0 saturated carbocycles. The lowest BCUT2D eigenvalue weighted by Gasteiger charge is -2.25. The molecule has 0 fully saturated rings. The fourth-order valence-electron chi connectivity index (χ4n) is 1.61. The molecule has 17 heavy (non-hydrogen) atoms. The molecule has 0 aliphatic carbocycles. The van der Waals surface area contributed by atoms with Crippen molar-refractivity contribution >= 4 is 12.0 Å². The van der Waals surface area contributed by atoms with E-state index in [2.05, 4.69) is 6.58 Å². The van der Waals surface area contributed by atoms with Crippen molar-refractivity contribution in [1.82, 2.24) is 0 Å². The molecule has 0 radical (unpaired) electrons. The van der Waals surface area contributed by atoms with E-state index in [0.29, 0.717) is 12.2 Å². The minimum atomic E-state index is -1.16. The third-order valence-electron chi connectivity index (χ3n) is 2.64. The van der Waals surface area contributed by atoms with E-state index < -0.39 is 11.6 Å². The van der Waals surface area contributed by atoms with Crippen LogP contribution in [0.5, 0.6) is 5.75 Å². The second-order valence-electron chi connectivity index (χ2n) is 4.16. The van der Waals surface area contributed by atoms with Gasteiger partial charge in [0.15, 0.2) is 0 Å². The summed E-state index contributed by atoms with van der Waals surface area (Å²) in [5.41, 5.74) is -0.186. The Morgan fingerprint density at radius 3 is 2.47 bits per heavy atom. The van der Waals surface area contributed by atoms with Crippen LogP contribution < -0.4 is 4.74 Å². The molecular weight excluding hydrogens is 216 g/mol. The molecule has 0 aliphatic rings. The Morgan fingerprint density at radius 2 is 2.06 bits per heavy atom. The lowest BCUT2D eigenvalue weighted by Crippen LogP contribution is -2.41. The summed E-state index contributed by atoms with van der Waals surface area (Å²) in [5.74, 6) is -0.374. The van der Waals surface area contributed by atoms with Crippen molar-refractivity contribution in [2.24, 2.45) is 0 Å². The largest absolute Gasteiger partial charge is 0.478 e. The molecule has 0 bridgehead atoms. The number of carbonyl (C=O) groups is 1. The predicted octanol–water partition coefficient (Wildman–Crippen LogP) is 3.35. The van der Waals surface area contributed by atoms with Gasteiger partial charge in [-0.1, -0.05) is 38.1 Å². The summed E-state index contributed by atoms with van der Waals surface area (Å²) in [7, 11) is 0. The van der Waals surface area contributed by atoms with Gasteiger partial charge in [0.2, 0.25) is 5.60 Å². The minimum Gasteiger partial charge on any atom is -0.478 e. The zero-order chi connectivity index (χ0) is 12.9. The van der Waals surface area contributed by atoms with Crippen LogP contribution in [-0.4, -0.2) is 16.7 Å². The van der Waals surface area contributed by atoms with Crippen molar-refractivity contribution in [3.05, 3.63) is 36.4 Å². The van der Waals surface area contributed by atoms with Crippen LogP contribution in [0.1, 0.15) is 32.3 Å². The van der Waals surface area contributed by atoms with E-state index >= 15 is 0 Å². The van der Waals surface area contributed by atoms with Crippen molar-refractivity contribution < 1.29 is 14.6 Å². The van der Waals surface area contributed by atoms with E-state index in [1.54, 1.807) is 25.1 Å². The fourth-order valence-corrected chi connectivity index (χ4v) is 1.61. The lowest BCUT2D eigenvalue weighted by atomic mass is 10.0. The molecule has 0 saturated heterocycles. The van der Waals surface area contributed by atoms with Gasteiger partial charge < -0.3 is 9.84 Å². The molecule has 1 N–H and O–H groups in total. The summed E-state index contributed by atoms with van der Waals surface area (Å²) in [5, 5.41) is 9.18. The van der Waals surface area contributed by atoms with Gasteiger partial charge >= 0.3 is 5.97 Å². The number of ether oxygens (including phenoxy) is 1. The smallest absolute Gasteiger partial charge is 0.347 e. The Labute approximate surface area is 102 Å². The van der Waals surface area contributed by atoms with Crippen LogP contribution in [0.3, 0.4) is 0 Å². The number of carboxylic acid groups (broad SMARTS) is 1. The van der Waals surface area contributed by atoms with Crippen molar-refractivity contribution in [1.29, 1.82) is 0 Å². The highest BCUT2D eigenvalue weighted by Gasteiger charge is 2.34. The fraction of sp³-hybridized carbons (Fsp3) is 0.357. The molecule has 1 rings (SSSR count). The molecule has 1 unspecified atom stereocenters. The molecule has 3 heteroatoms. The third kappa shape index (κ3) is 3.34. The Hall–Kier alpha value is -1.77. The molecule has 0 spiro atoms. The Kier molecular flexibility index (Phi) is 4.32. The first-order chi connectivity index (χ1) is 8.01. The topological polar surface area (TPSA) is 46.5 Å². The van der Waals surface area contributed by atoms with E-state index in [0.717, 1.165) is 12.0 Å². The number of benzene rings is 1. The molecule has 3 nitrogen and oxygen atoms in total. The summed E-state index contributed by atoms with van der Waals surface area (Å²) in [6.07, 6.45) is 2.96. The molecule has 0 aliphatic heterocycles. The molecule has 0 amide bonds. The number of hydrogen-bond acceptors (Lipinski definition) is 2. The summed E-state index contributed by atoms with van der Waals surface area (Å²) < 4.78 is 5.57. The molecule has 0 heterocycles. The Morgan fingerprint density at radius 1 is 1.47 bits per heavy atom. The van der Waals surface area contributed by atoms with Crippen LogP contribution in [0.2, 0.25) is 0 Å². The molecule has 1 aromatic carbocycles. The molecule has 92 valence electrons. The number of carboxylic acids is 1. The number of hydrogen-bond donors (Lipinski definition) is 1. The van der Waals surface area contributed by atoms with Gasteiger partial charge in [-0.05, 0) is 31.0 Å². The zero-order valence-electron chi connectivity index (χ0n) is 10.3. The van der Waals surface area contributed by atoms with Crippen LogP contribution in [0.4, 0.5) is 0 Å². The summed E-state index contributed by atoms with van der Waals surface area (Å²) in [6.45, 7) is 7.19. The number of rotatable bonds is 6. The maximum absolute atomic E-state index is 11.2. The third-order valence-corrected chi connectivity index (χ3v) is 2.64. The van der Waals surface area contributed by atoms with E-state index in [-0.39, 0.29) is 0 Å². The van der Waals surface area contributed by atoms with Crippen molar-refractivity contribution in [2.45, 2.75) is 32.3 Å². The second-order valence-corrected chi connectivity index (χ2v) is 4.16. The second kappa shape index (κ2) is 5.53. The highest BCUT2D eigenvalue weighted by molar-refractivity contribution is 5.77. The maximum atomic E-state index is 11.2. The van der Waals surface area contributed by atoms with Crippen LogP contribution in [0, 0.1) is 0 Å². The van der Waals surface area contributed by atoms with Gasteiger partial charge in [-0.15, -0.1) is 0 Å². The first-order valence-electron chi connectivity index (χ1n) is 5.66. The van der Waals surface area contributed by atoms with Crippen LogP contribution in [0.15, 0.2) is 30.8 Å². The van der Waals surface area contributed by atoms with Gasteiger partial charge in [0.05, 0.1) is 0 Å². The van der Waals surface area contributed by atoms with Crippen LogP contribution in [0.25, 0.3) is 6.08 Å². The molecular formula is C14H18O3. The van der Waals surface area contributed by atoms with Crippen molar-refractivity contribution in [2.75, 3.05) is 0 Å². The van der Waals surface area contributed by atoms with Gasteiger partial charge in [-0.2, -0.15) is 0 Å². The van der Waals surface area contributed by atoms with E-state index in [1.807, 2.05) is 19.1 Å². The lowest BCUT2D eigenvalue weighted by molar-refractivity contribution is -0.154. The van der Waals surface area contributed by atoms with E-state index in [4.69, 9.17) is 4.74 Å². The highest BCUT2D eigenvalue weighted by Crippen LogP contribution is 2.23. The maximum Gasteiger partial charge on any atom is 0.347 e. The molecule has 1 atom stereocenters. The molecule has 1 aromatic rings. The SMILES string of the molecule is C=Cc1ccc(OC(C)(CCC)C(=O)O)cc1. The van der Waals surface area contributed by atoms with E-state index in [1.165, 1.54) is 0 Å². The summed E-state index contributed by atoms with van der Waals surface area (Å²) in [6, 6.07) is 7.20. The van der Waals surface area contributed by atoms with Gasteiger partial charge in [0.1, 0.15) is 5.75 Å². The van der Waals surface area contributed by atoms with Gasteiger partial charge in [-0.3, -0.25) is 0 Å². The van der Waals surface area contributed by atoms with Crippen molar-refractivity contribution in [3.8, 4) is 5.75 Å². The average molecular weight is 234 g/mol. The monoisotopic (exact) mass is 234 g/mol. The van der Waals surface area contributed by atoms with Crippen LogP contribution in [-0.2, 0) is 4.79 Å². The van der Waals surface area contributed by atoms with Crippen molar-refractivity contribution in [3.63, 3.8) is 0 Å².